The maximum absolute atomic E-state index is 13.1. The molecule has 0 aromatic rings. The minimum Gasteiger partial charge on any atom is -0.460 e. The molecule has 0 aromatic carbocycles. The van der Waals surface area contributed by atoms with Gasteiger partial charge in [0.2, 0.25) is 5.91 Å². The summed E-state index contributed by atoms with van der Waals surface area (Å²) in [4.78, 5) is 38.6. The molecule has 0 unspecified atom stereocenters. The van der Waals surface area contributed by atoms with Crippen LogP contribution in [0.5, 0.6) is 0 Å². The zero-order valence-corrected chi connectivity index (χ0v) is 17.2. The third kappa shape index (κ3) is 6.96. The first-order valence-corrected chi connectivity index (χ1v) is 9.78. The Morgan fingerprint density at radius 2 is 1.88 bits per heavy atom. The summed E-state index contributed by atoms with van der Waals surface area (Å²) in [5, 5.41) is 0. The highest BCUT2D eigenvalue weighted by atomic mass is 16.6. The molecular formula is C20H35NO5. The van der Waals surface area contributed by atoms with Crippen molar-refractivity contribution in [1.29, 1.82) is 0 Å². The van der Waals surface area contributed by atoms with Crippen molar-refractivity contribution >= 4 is 18.0 Å². The number of rotatable bonds is 9. The number of imide groups is 1. The van der Waals surface area contributed by atoms with Crippen LogP contribution in [0.15, 0.2) is 0 Å². The number of unbranched alkanes of at least 4 members (excludes halogenated alkanes) is 3. The number of hydrogen-bond donors (Lipinski definition) is 0. The van der Waals surface area contributed by atoms with Crippen LogP contribution < -0.4 is 0 Å². The monoisotopic (exact) mass is 369 g/mol. The molecule has 0 saturated carbocycles. The number of nitrogens with zero attached hydrogens (tertiary/aromatic N) is 1. The summed E-state index contributed by atoms with van der Waals surface area (Å²) >= 11 is 0. The van der Waals surface area contributed by atoms with E-state index in [4.69, 9.17) is 9.47 Å². The molecule has 0 spiro atoms. The van der Waals surface area contributed by atoms with E-state index in [-0.39, 0.29) is 30.9 Å². The number of carbonyl (C=O) groups excluding carboxylic acids is 3. The van der Waals surface area contributed by atoms with E-state index in [1.54, 1.807) is 20.8 Å². The van der Waals surface area contributed by atoms with E-state index in [0.717, 1.165) is 25.7 Å². The Hall–Kier alpha value is -1.59. The van der Waals surface area contributed by atoms with Crippen molar-refractivity contribution in [2.45, 2.75) is 91.7 Å². The highest BCUT2D eigenvalue weighted by Gasteiger charge is 2.42. The van der Waals surface area contributed by atoms with Crippen LogP contribution in [-0.4, -0.2) is 41.1 Å². The van der Waals surface area contributed by atoms with Gasteiger partial charge in [0.1, 0.15) is 12.2 Å². The first-order chi connectivity index (χ1) is 12.1. The second-order valence-corrected chi connectivity index (χ2v) is 8.43. The van der Waals surface area contributed by atoms with E-state index in [0.29, 0.717) is 6.42 Å². The largest absolute Gasteiger partial charge is 0.460 e. The Bertz CT molecular complexity index is 495. The molecular weight excluding hydrogens is 334 g/mol. The molecule has 2 atom stereocenters. The summed E-state index contributed by atoms with van der Waals surface area (Å²) in [6, 6.07) is -0.272. The fraction of sp³-hybridized carbons (Fsp3) is 0.850. The number of carbonyl (C=O) groups is 3. The maximum atomic E-state index is 13.1. The van der Waals surface area contributed by atoms with Crippen LogP contribution in [0, 0.1) is 11.8 Å². The molecule has 0 radical (unpaired) electrons. The van der Waals surface area contributed by atoms with Crippen LogP contribution in [0.4, 0.5) is 4.79 Å². The average Bonchev–Trinajstić information content (AvgIpc) is 2.89. The molecule has 150 valence electrons. The molecule has 0 aromatic heterocycles. The molecule has 6 nitrogen and oxygen atoms in total. The van der Waals surface area contributed by atoms with Gasteiger partial charge in [0.05, 0.1) is 12.5 Å². The van der Waals surface area contributed by atoms with Gasteiger partial charge in [-0.1, -0.05) is 46.5 Å². The number of hydrogen-bond acceptors (Lipinski definition) is 5. The Labute approximate surface area is 157 Å². The third-order valence-electron chi connectivity index (χ3n) is 4.50. The Morgan fingerprint density at radius 3 is 2.42 bits per heavy atom. The van der Waals surface area contributed by atoms with Crippen molar-refractivity contribution in [3.8, 4) is 0 Å². The van der Waals surface area contributed by atoms with Crippen LogP contribution >= 0.6 is 0 Å². The molecule has 0 aliphatic carbocycles. The number of ether oxygens (including phenoxy) is 2. The summed E-state index contributed by atoms with van der Waals surface area (Å²) < 4.78 is 10.5. The van der Waals surface area contributed by atoms with Gasteiger partial charge >= 0.3 is 12.1 Å². The summed E-state index contributed by atoms with van der Waals surface area (Å²) in [7, 11) is 0. The van der Waals surface area contributed by atoms with E-state index in [1.807, 2.05) is 13.8 Å². The normalized spacial score (nSPS) is 18.8. The topological polar surface area (TPSA) is 72.9 Å². The standard InChI is InChI=1S/C20H35NO5/c1-7-8-9-10-11-15(12-17(22)26-20(4,5)6)18(23)21-16(14(2)3)13-25-19(21)24/h14-16H,7-13H2,1-6H3/t15-,16-/m1/s1. The lowest BCUT2D eigenvalue weighted by molar-refractivity contribution is -0.158. The van der Waals surface area contributed by atoms with Gasteiger partial charge in [-0.05, 0) is 33.1 Å². The van der Waals surface area contributed by atoms with Crippen LogP contribution in [0.3, 0.4) is 0 Å². The molecule has 1 aliphatic heterocycles. The Kier molecular flexibility index (Phi) is 8.57. The van der Waals surface area contributed by atoms with E-state index in [9.17, 15) is 14.4 Å². The van der Waals surface area contributed by atoms with E-state index < -0.39 is 23.6 Å². The van der Waals surface area contributed by atoms with Crippen LogP contribution in [-0.2, 0) is 19.1 Å². The molecule has 0 N–H and O–H groups in total. The van der Waals surface area contributed by atoms with Gasteiger partial charge < -0.3 is 9.47 Å². The fourth-order valence-electron chi connectivity index (χ4n) is 3.09. The molecule has 6 heteroatoms. The van der Waals surface area contributed by atoms with Crippen molar-refractivity contribution in [2.75, 3.05) is 6.61 Å². The summed E-state index contributed by atoms with van der Waals surface area (Å²) in [6.45, 7) is 11.7. The van der Waals surface area contributed by atoms with Crippen molar-refractivity contribution in [3.05, 3.63) is 0 Å². The van der Waals surface area contributed by atoms with Gasteiger partial charge in [0.15, 0.2) is 0 Å². The second-order valence-electron chi connectivity index (χ2n) is 8.43. The minimum absolute atomic E-state index is 0.00315. The molecule has 1 heterocycles. The summed E-state index contributed by atoms with van der Waals surface area (Å²) in [5.41, 5.74) is -0.597. The Balaban J connectivity index is 2.86. The smallest absolute Gasteiger partial charge is 0.416 e. The third-order valence-corrected chi connectivity index (χ3v) is 4.50. The maximum Gasteiger partial charge on any atom is 0.416 e. The van der Waals surface area contributed by atoms with E-state index in [1.165, 1.54) is 4.90 Å². The fourth-order valence-corrected chi connectivity index (χ4v) is 3.09. The van der Waals surface area contributed by atoms with Crippen LogP contribution in [0.2, 0.25) is 0 Å². The van der Waals surface area contributed by atoms with Gasteiger partial charge in [-0.2, -0.15) is 0 Å². The van der Waals surface area contributed by atoms with Crippen molar-refractivity contribution in [1.82, 2.24) is 4.90 Å². The zero-order chi connectivity index (χ0) is 19.9. The molecule has 2 amide bonds. The first kappa shape index (κ1) is 22.5. The molecule has 1 rings (SSSR count). The highest BCUT2D eigenvalue weighted by molar-refractivity contribution is 5.96. The van der Waals surface area contributed by atoms with Gasteiger partial charge in [0, 0.05) is 5.92 Å². The summed E-state index contributed by atoms with van der Waals surface area (Å²) in [5.74, 6) is -1.16. The average molecular weight is 370 g/mol. The van der Waals surface area contributed by atoms with E-state index >= 15 is 0 Å². The van der Waals surface area contributed by atoms with Gasteiger partial charge in [0.25, 0.3) is 0 Å². The van der Waals surface area contributed by atoms with Gasteiger partial charge in [-0.15, -0.1) is 0 Å². The second kappa shape index (κ2) is 9.93. The van der Waals surface area contributed by atoms with Crippen molar-refractivity contribution in [3.63, 3.8) is 0 Å². The lowest BCUT2D eigenvalue weighted by Gasteiger charge is -2.27. The van der Waals surface area contributed by atoms with Gasteiger partial charge in [-0.25, -0.2) is 9.69 Å². The molecule has 1 saturated heterocycles. The predicted octanol–water partition coefficient (Wildman–Crippen LogP) is 4.31. The number of esters is 1. The van der Waals surface area contributed by atoms with Crippen LogP contribution in [0.25, 0.3) is 0 Å². The number of amides is 2. The van der Waals surface area contributed by atoms with E-state index in [2.05, 4.69) is 6.92 Å². The molecule has 26 heavy (non-hydrogen) atoms. The predicted molar refractivity (Wildman–Crippen MR) is 99.5 cm³/mol. The lowest BCUT2D eigenvalue weighted by Crippen LogP contribution is -2.45. The molecule has 1 aliphatic rings. The number of cyclic esters (lactones) is 1. The van der Waals surface area contributed by atoms with Crippen molar-refractivity contribution < 1.29 is 23.9 Å². The molecule has 0 bridgehead atoms. The zero-order valence-electron chi connectivity index (χ0n) is 17.2. The lowest BCUT2D eigenvalue weighted by atomic mass is 9.94. The first-order valence-electron chi connectivity index (χ1n) is 9.78. The molecule has 1 fully saturated rings. The SMILES string of the molecule is CCCCCC[C@H](CC(=O)OC(C)(C)C)C(=O)N1C(=O)OC[C@@H]1C(C)C. The minimum atomic E-state index is -0.601. The quantitative estimate of drug-likeness (QED) is 0.447. The summed E-state index contributed by atoms with van der Waals surface area (Å²) in [6.07, 6.45) is 4.02. The van der Waals surface area contributed by atoms with Crippen LogP contribution in [0.1, 0.15) is 80.1 Å². The highest BCUT2D eigenvalue weighted by Crippen LogP contribution is 2.26. The van der Waals surface area contributed by atoms with Crippen molar-refractivity contribution in [2.24, 2.45) is 11.8 Å². The van der Waals surface area contributed by atoms with Gasteiger partial charge in [-0.3, -0.25) is 9.59 Å². The Morgan fingerprint density at radius 1 is 1.23 bits per heavy atom.